The van der Waals surface area contributed by atoms with Crippen LogP contribution >= 0.6 is 0 Å². The molecule has 55 heavy (non-hydrogen) atoms. The Labute approximate surface area is 321 Å². The molecular weight excluding hydrogens is 704 g/mol. The van der Waals surface area contributed by atoms with E-state index >= 15 is 0 Å². The molecule has 3 rings (SSSR count). The summed E-state index contributed by atoms with van der Waals surface area (Å²) in [5, 5.41) is 22.3. The van der Waals surface area contributed by atoms with Gasteiger partial charge in [-0.05, 0) is 53.0 Å². The summed E-state index contributed by atoms with van der Waals surface area (Å²) in [6.07, 6.45) is 0.116. The average molecular weight is 759 g/mol. The molecule has 0 fully saturated rings. The lowest BCUT2D eigenvalue weighted by molar-refractivity contribution is -0.142. The fraction of sp³-hybridized carbons (Fsp3) is 0.425. The minimum Gasteiger partial charge on any atom is -0.445 e. The van der Waals surface area contributed by atoms with Crippen LogP contribution < -0.4 is 38.1 Å². The first-order valence-corrected chi connectivity index (χ1v) is 18.5. The second-order valence-corrected chi connectivity index (χ2v) is 14.0. The Balaban J connectivity index is 1.75. The summed E-state index contributed by atoms with van der Waals surface area (Å²) in [6, 6.07) is 17.5. The zero-order valence-electron chi connectivity index (χ0n) is 31.9. The summed E-state index contributed by atoms with van der Waals surface area (Å²) in [5.41, 5.74) is 12.6. The molecule has 0 aliphatic heterocycles. The van der Waals surface area contributed by atoms with Crippen LogP contribution in [0, 0.1) is 17.2 Å². The number of guanidine groups is 1. The Morgan fingerprint density at radius 2 is 1.40 bits per heavy atom. The summed E-state index contributed by atoms with van der Waals surface area (Å²) >= 11 is 0. The molecule has 0 aliphatic carbocycles. The minimum atomic E-state index is -1.30. The number of benzene rings is 3. The Kier molecular flexibility index (Phi) is 17.1. The van der Waals surface area contributed by atoms with E-state index in [2.05, 4.69) is 26.6 Å². The molecule has 5 amide bonds. The lowest BCUT2D eigenvalue weighted by atomic mass is 9.93. The highest BCUT2D eigenvalue weighted by atomic mass is 16.5. The Hall–Kier alpha value is -5.99. The molecule has 5 atom stereocenters. The van der Waals surface area contributed by atoms with Crippen molar-refractivity contribution in [2.24, 2.45) is 23.3 Å². The number of alkyl carbamates (subject to hydrolysis) is 1. The van der Waals surface area contributed by atoms with Crippen molar-refractivity contribution in [1.29, 1.82) is 5.41 Å². The number of amides is 5. The molecule has 296 valence electrons. The molecule has 15 heteroatoms. The Bertz CT molecular complexity index is 1800. The van der Waals surface area contributed by atoms with E-state index in [1.807, 2.05) is 62.4 Å². The van der Waals surface area contributed by atoms with Gasteiger partial charge in [-0.2, -0.15) is 0 Å². The van der Waals surface area contributed by atoms with Gasteiger partial charge in [0, 0.05) is 13.0 Å². The van der Waals surface area contributed by atoms with Gasteiger partial charge in [0.15, 0.2) is 5.96 Å². The first-order valence-electron chi connectivity index (χ1n) is 18.5. The second-order valence-electron chi connectivity index (χ2n) is 14.0. The normalized spacial score (nSPS) is 13.7. The molecule has 10 N–H and O–H groups in total. The van der Waals surface area contributed by atoms with Crippen LogP contribution in [0.4, 0.5) is 4.79 Å². The average Bonchev–Trinajstić information content (AvgIpc) is 3.15. The molecule has 0 aliphatic rings. The van der Waals surface area contributed by atoms with Gasteiger partial charge < -0.3 is 42.8 Å². The van der Waals surface area contributed by atoms with Gasteiger partial charge in [0.25, 0.3) is 5.91 Å². The molecule has 0 aromatic heterocycles. The van der Waals surface area contributed by atoms with Crippen molar-refractivity contribution < 1.29 is 33.5 Å². The van der Waals surface area contributed by atoms with E-state index < -0.39 is 65.6 Å². The van der Waals surface area contributed by atoms with Gasteiger partial charge in [-0.1, -0.05) is 107 Å². The summed E-state index contributed by atoms with van der Waals surface area (Å²) in [4.78, 5) is 79.8. The van der Waals surface area contributed by atoms with Crippen molar-refractivity contribution in [3.8, 4) is 0 Å². The van der Waals surface area contributed by atoms with Crippen molar-refractivity contribution in [2.45, 2.75) is 90.6 Å². The number of carbonyl (C=O) groups is 6. The van der Waals surface area contributed by atoms with Crippen LogP contribution in [0.15, 0.2) is 72.8 Å². The maximum absolute atomic E-state index is 13.8. The third kappa shape index (κ3) is 14.4. The summed E-state index contributed by atoms with van der Waals surface area (Å²) in [6.45, 7) is 7.38. The minimum absolute atomic E-state index is 0.00157. The molecule has 3 aromatic carbocycles. The number of nitrogens with one attached hydrogen (secondary N) is 6. The van der Waals surface area contributed by atoms with E-state index in [4.69, 9.17) is 21.6 Å². The van der Waals surface area contributed by atoms with Crippen molar-refractivity contribution in [3.05, 3.63) is 83.9 Å². The molecule has 0 heterocycles. The van der Waals surface area contributed by atoms with Crippen LogP contribution in [-0.2, 0) is 41.7 Å². The molecule has 0 saturated heterocycles. The lowest BCUT2D eigenvalue weighted by Crippen LogP contribution is -2.58. The molecule has 0 saturated carbocycles. The second kappa shape index (κ2) is 21.6. The lowest BCUT2D eigenvalue weighted by Gasteiger charge is -2.27. The zero-order chi connectivity index (χ0) is 40.5. The Morgan fingerprint density at radius 1 is 0.745 bits per heavy atom. The number of rotatable bonds is 21. The third-order valence-electron chi connectivity index (χ3n) is 9.07. The van der Waals surface area contributed by atoms with Crippen molar-refractivity contribution in [1.82, 2.24) is 26.6 Å². The predicted molar refractivity (Wildman–Crippen MR) is 209 cm³/mol. The van der Waals surface area contributed by atoms with Gasteiger partial charge in [0.05, 0.1) is 6.04 Å². The van der Waals surface area contributed by atoms with E-state index in [-0.39, 0.29) is 50.7 Å². The van der Waals surface area contributed by atoms with Crippen molar-refractivity contribution in [2.75, 3.05) is 6.54 Å². The van der Waals surface area contributed by atoms with Crippen LogP contribution in [0.5, 0.6) is 0 Å². The summed E-state index contributed by atoms with van der Waals surface area (Å²) in [5.74, 6) is -5.20. The SMILES string of the molecule is CC[C@H](C)C(NC(=O)[C@H](CC(C)C)NC(=O)OCc1ccccc1)C(=O)C(=O)N[C@H](CCCNC(=N)N)C(=O)N[C@@H](Cc1ccc2ccccc2c1)C(N)=O. The molecule has 1 unspecified atom stereocenters. The number of fused-ring (bicyclic) bond motifs is 1. The zero-order valence-corrected chi connectivity index (χ0v) is 31.9. The van der Waals surface area contributed by atoms with Gasteiger partial charge in [-0.25, -0.2) is 4.79 Å². The van der Waals surface area contributed by atoms with E-state index in [0.29, 0.717) is 6.42 Å². The largest absolute Gasteiger partial charge is 0.445 e. The number of hydrogen-bond acceptors (Lipinski definition) is 8. The fourth-order valence-electron chi connectivity index (χ4n) is 5.83. The number of Topliss-reactive ketones (excluding diaryl/α,β-unsaturated/α-hetero) is 1. The topological polar surface area (TPSA) is 248 Å². The molecule has 0 radical (unpaired) electrons. The molecular formula is C40H54N8O7. The maximum Gasteiger partial charge on any atom is 0.408 e. The highest BCUT2D eigenvalue weighted by molar-refractivity contribution is 6.39. The van der Waals surface area contributed by atoms with Crippen molar-refractivity contribution >= 4 is 52.2 Å². The van der Waals surface area contributed by atoms with E-state index in [1.54, 1.807) is 38.1 Å². The van der Waals surface area contributed by atoms with Gasteiger partial charge in [-0.3, -0.25) is 29.4 Å². The molecule has 0 bridgehead atoms. The van der Waals surface area contributed by atoms with E-state index in [9.17, 15) is 28.8 Å². The third-order valence-corrected chi connectivity index (χ3v) is 9.07. The number of hydrogen-bond donors (Lipinski definition) is 8. The first kappa shape index (κ1) is 43.4. The molecule has 15 nitrogen and oxygen atoms in total. The maximum atomic E-state index is 13.8. The Morgan fingerprint density at radius 3 is 2.04 bits per heavy atom. The predicted octanol–water partition coefficient (Wildman–Crippen LogP) is 2.54. The van der Waals surface area contributed by atoms with Crippen molar-refractivity contribution in [3.63, 3.8) is 0 Å². The molecule has 0 spiro atoms. The van der Waals surface area contributed by atoms with E-state index in [1.165, 1.54) is 0 Å². The van der Waals surface area contributed by atoms with Crippen LogP contribution in [0.25, 0.3) is 10.8 Å². The van der Waals surface area contributed by atoms with Crippen LogP contribution in [-0.4, -0.2) is 72.2 Å². The smallest absolute Gasteiger partial charge is 0.408 e. The standard InChI is InChI=1S/C40H54N8O7/c1-5-25(4)33(48-37(52)32(20-24(2)3)47-40(54)55-23-26-12-7-6-8-13-26)34(49)38(53)45-30(16-11-19-44-39(42)43)36(51)46-31(35(41)50)22-27-17-18-28-14-9-10-15-29(28)21-27/h6-10,12-15,17-18,21,24-25,30-33H,5,11,16,19-20,22-23H2,1-4H3,(H2,41,50)(H,45,53)(H,46,51)(H,47,54)(H,48,52)(H4,42,43,44)/t25-,30+,31-,32-,33?/m0/s1. The van der Waals surface area contributed by atoms with Gasteiger partial charge in [-0.15, -0.1) is 0 Å². The highest BCUT2D eigenvalue weighted by Crippen LogP contribution is 2.17. The summed E-state index contributed by atoms with van der Waals surface area (Å²) < 4.78 is 5.31. The van der Waals surface area contributed by atoms with Crippen LogP contribution in [0.3, 0.4) is 0 Å². The van der Waals surface area contributed by atoms with E-state index in [0.717, 1.165) is 21.9 Å². The van der Waals surface area contributed by atoms with Crippen LogP contribution in [0.2, 0.25) is 0 Å². The monoisotopic (exact) mass is 758 g/mol. The number of ether oxygens (including phenoxy) is 1. The number of ketones is 1. The van der Waals surface area contributed by atoms with Gasteiger partial charge >= 0.3 is 6.09 Å². The fourth-order valence-corrected chi connectivity index (χ4v) is 5.83. The number of primary amides is 1. The quantitative estimate of drug-likeness (QED) is 0.0344. The number of nitrogens with two attached hydrogens (primary N) is 2. The van der Waals surface area contributed by atoms with Crippen LogP contribution in [0.1, 0.15) is 64.5 Å². The van der Waals surface area contributed by atoms with Gasteiger partial charge in [0.2, 0.25) is 23.5 Å². The highest BCUT2D eigenvalue weighted by Gasteiger charge is 2.36. The summed E-state index contributed by atoms with van der Waals surface area (Å²) in [7, 11) is 0. The molecule has 3 aromatic rings. The first-order chi connectivity index (χ1) is 26.2. The van der Waals surface area contributed by atoms with Gasteiger partial charge in [0.1, 0.15) is 24.7 Å². The number of carbonyl (C=O) groups excluding carboxylic acids is 6.